The molecule has 0 fully saturated rings. The maximum atomic E-state index is 11.4. The highest BCUT2D eigenvalue weighted by Crippen LogP contribution is 2.09. The van der Waals surface area contributed by atoms with Gasteiger partial charge in [-0.3, -0.25) is 4.79 Å². The number of aromatic nitrogens is 1. The standard InChI is InChI=1S/C13H22N4O/c1-4-9-14-11-6-5-7-12(16-11)15-10-8-13(18)17(2)3/h5-7H,4,8-10H2,1-3H3,(H2,14,15,16). The first-order chi connectivity index (χ1) is 8.63. The van der Waals surface area contributed by atoms with Crippen LogP contribution in [-0.4, -0.2) is 43.0 Å². The minimum atomic E-state index is 0.114. The molecule has 18 heavy (non-hydrogen) atoms. The highest BCUT2D eigenvalue weighted by atomic mass is 16.2. The largest absolute Gasteiger partial charge is 0.370 e. The molecule has 0 aliphatic carbocycles. The van der Waals surface area contributed by atoms with Gasteiger partial charge in [-0.25, -0.2) is 4.98 Å². The molecular weight excluding hydrogens is 228 g/mol. The van der Waals surface area contributed by atoms with Crippen molar-refractivity contribution < 1.29 is 4.79 Å². The lowest BCUT2D eigenvalue weighted by molar-refractivity contribution is -0.128. The van der Waals surface area contributed by atoms with E-state index in [0.29, 0.717) is 13.0 Å². The summed E-state index contributed by atoms with van der Waals surface area (Å²) in [5.41, 5.74) is 0. The molecule has 0 bridgehead atoms. The number of hydrogen-bond donors (Lipinski definition) is 2. The minimum Gasteiger partial charge on any atom is -0.370 e. The molecule has 100 valence electrons. The third kappa shape index (κ3) is 5.03. The number of amides is 1. The maximum absolute atomic E-state index is 11.4. The van der Waals surface area contributed by atoms with Gasteiger partial charge in [-0.15, -0.1) is 0 Å². The molecule has 1 aromatic heterocycles. The third-order valence-electron chi connectivity index (χ3n) is 2.45. The highest BCUT2D eigenvalue weighted by Gasteiger charge is 2.03. The molecule has 0 aliphatic rings. The van der Waals surface area contributed by atoms with Gasteiger partial charge in [0.05, 0.1) is 0 Å². The molecule has 1 heterocycles. The molecule has 2 N–H and O–H groups in total. The fourth-order valence-corrected chi connectivity index (χ4v) is 1.41. The molecule has 0 aliphatic heterocycles. The monoisotopic (exact) mass is 250 g/mol. The Balaban J connectivity index is 2.40. The summed E-state index contributed by atoms with van der Waals surface area (Å²) in [6.07, 6.45) is 1.54. The predicted octanol–water partition coefficient (Wildman–Crippen LogP) is 1.79. The van der Waals surface area contributed by atoms with Gasteiger partial charge in [0.15, 0.2) is 0 Å². The van der Waals surface area contributed by atoms with Crippen molar-refractivity contribution in [1.29, 1.82) is 0 Å². The molecule has 5 nitrogen and oxygen atoms in total. The van der Waals surface area contributed by atoms with E-state index in [9.17, 15) is 4.79 Å². The molecule has 0 unspecified atom stereocenters. The van der Waals surface area contributed by atoms with E-state index < -0.39 is 0 Å². The summed E-state index contributed by atoms with van der Waals surface area (Å²) in [5, 5.41) is 6.37. The Hall–Kier alpha value is -1.78. The van der Waals surface area contributed by atoms with Crippen molar-refractivity contribution in [3.8, 4) is 0 Å². The van der Waals surface area contributed by atoms with Crippen LogP contribution < -0.4 is 10.6 Å². The van der Waals surface area contributed by atoms with Crippen LogP contribution in [0.1, 0.15) is 19.8 Å². The molecule has 0 radical (unpaired) electrons. The fourth-order valence-electron chi connectivity index (χ4n) is 1.41. The minimum absolute atomic E-state index is 0.114. The molecule has 1 aromatic rings. The summed E-state index contributed by atoms with van der Waals surface area (Å²) in [7, 11) is 3.52. The zero-order chi connectivity index (χ0) is 13.4. The van der Waals surface area contributed by atoms with Gasteiger partial charge in [0.2, 0.25) is 5.91 Å². The van der Waals surface area contributed by atoms with E-state index in [2.05, 4.69) is 22.5 Å². The molecule has 5 heteroatoms. The second-order valence-corrected chi connectivity index (χ2v) is 4.30. The smallest absolute Gasteiger partial charge is 0.223 e. The highest BCUT2D eigenvalue weighted by molar-refractivity contribution is 5.76. The van der Waals surface area contributed by atoms with Crippen molar-refractivity contribution >= 4 is 17.5 Å². The molecule has 0 aromatic carbocycles. The molecule has 0 atom stereocenters. The number of nitrogens with zero attached hydrogens (tertiary/aromatic N) is 2. The van der Waals surface area contributed by atoms with Crippen molar-refractivity contribution in [2.24, 2.45) is 0 Å². The van der Waals surface area contributed by atoms with Crippen molar-refractivity contribution in [3.63, 3.8) is 0 Å². The Morgan fingerprint density at radius 1 is 1.22 bits per heavy atom. The lowest BCUT2D eigenvalue weighted by Gasteiger charge is -2.11. The predicted molar refractivity (Wildman–Crippen MR) is 74.8 cm³/mol. The molecule has 0 saturated heterocycles. The average molecular weight is 250 g/mol. The zero-order valence-corrected chi connectivity index (χ0v) is 11.4. The lowest BCUT2D eigenvalue weighted by atomic mass is 10.3. The van der Waals surface area contributed by atoms with Crippen LogP contribution in [0.15, 0.2) is 18.2 Å². The van der Waals surface area contributed by atoms with Crippen molar-refractivity contribution in [1.82, 2.24) is 9.88 Å². The Bertz CT molecular complexity index is 379. The Kier molecular flexibility index (Phi) is 5.97. The van der Waals surface area contributed by atoms with Gasteiger partial charge in [-0.2, -0.15) is 0 Å². The number of nitrogens with one attached hydrogen (secondary N) is 2. The van der Waals surface area contributed by atoms with E-state index in [1.54, 1.807) is 19.0 Å². The van der Waals surface area contributed by atoms with Crippen molar-refractivity contribution in [2.45, 2.75) is 19.8 Å². The second kappa shape index (κ2) is 7.53. The average Bonchev–Trinajstić information content (AvgIpc) is 2.36. The van der Waals surface area contributed by atoms with E-state index in [0.717, 1.165) is 24.6 Å². The van der Waals surface area contributed by atoms with Crippen LogP contribution in [-0.2, 0) is 4.79 Å². The quantitative estimate of drug-likeness (QED) is 0.774. The summed E-state index contributed by atoms with van der Waals surface area (Å²) in [4.78, 5) is 17.4. The number of carbonyl (C=O) groups is 1. The Morgan fingerprint density at radius 3 is 2.39 bits per heavy atom. The van der Waals surface area contributed by atoms with Gasteiger partial charge in [0.25, 0.3) is 0 Å². The fraction of sp³-hybridized carbons (Fsp3) is 0.538. The molecule has 1 amide bonds. The van der Waals surface area contributed by atoms with E-state index in [1.807, 2.05) is 18.2 Å². The summed E-state index contributed by atoms with van der Waals surface area (Å²) in [6, 6.07) is 5.78. The van der Waals surface area contributed by atoms with Crippen molar-refractivity contribution in [3.05, 3.63) is 18.2 Å². The number of pyridine rings is 1. The lowest BCUT2D eigenvalue weighted by Crippen LogP contribution is -2.24. The van der Waals surface area contributed by atoms with Crippen LogP contribution in [0, 0.1) is 0 Å². The Morgan fingerprint density at radius 2 is 1.83 bits per heavy atom. The normalized spacial score (nSPS) is 9.94. The van der Waals surface area contributed by atoms with Gasteiger partial charge in [-0.1, -0.05) is 13.0 Å². The second-order valence-electron chi connectivity index (χ2n) is 4.30. The van der Waals surface area contributed by atoms with Gasteiger partial charge in [0, 0.05) is 33.6 Å². The van der Waals surface area contributed by atoms with E-state index in [-0.39, 0.29) is 5.91 Å². The van der Waals surface area contributed by atoms with Crippen LogP contribution in [0.5, 0.6) is 0 Å². The van der Waals surface area contributed by atoms with E-state index in [4.69, 9.17) is 0 Å². The summed E-state index contributed by atoms with van der Waals surface area (Å²) < 4.78 is 0. The van der Waals surface area contributed by atoms with Gasteiger partial charge in [0.1, 0.15) is 11.6 Å². The topological polar surface area (TPSA) is 57.3 Å². The number of rotatable bonds is 7. The SMILES string of the molecule is CCCNc1cccc(NCCC(=O)N(C)C)n1. The van der Waals surface area contributed by atoms with Gasteiger partial charge < -0.3 is 15.5 Å². The maximum Gasteiger partial charge on any atom is 0.223 e. The van der Waals surface area contributed by atoms with Crippen LogP contribution in [0.25, 0.3) is 0 Å². The molecule has 0 saturated carbocycles. The third-order valence-corrected chi connectivity index (χ3v) is 2.45. The van der Waals surface area contributed by atoms with Crippen molar-refractivity contribution in [2.75, 3.05) is 37.8 Å². The van der Waals surface area contributed by atoms with Gasteiger partial charge in [-0.05, 0) is 18.6 Å². The molecule has 0 spiro atoms. The first-order valence-corrected chi connectivity index (χ1v) is 6.28. The van der Waals surface area contributed by atoms with Crippen LogP contribution in [0.3, 0.4) is 0 Å². The number of anilines is 2. The van der Waals surface area contributed by atoms with Crippen LogP contribution in [0.4, 0.5) is 11.6 Å². The first kappa shape index (κ1) is 14.3. The number of hydrogen-bond acceptors (Lipinski definition) is 4. The first-order valence-electron chi connectivity index (χ1n) is 6.28. The zero-order valence-electron chi connectivity index (χ0n) is 11.4. The summed E-state index contributed by atoms with van der Waals surface area (Å²) in [6.45, 7) is 3.62. The van der Waals surface area contributed by atoms with Gasteiger partial charge >= 0.3 is 0 Å². The van der Waals surface area contributed by atoms with E-state index >= 15 is 0 Å². The summed E-state index contributed by atoms with van der Waals surface area (Å²) in [5.74, 6) is 1.77. The number of carbonyl (C=O) groups excluding carboxylic acids is 1. The molecular formula is C13H22N4O. The van der Waals surface area contributed by atoms with Crippen LogP contribution in [0.2, 0.25) is 0 Å². The summed E-state index contributed by atoms with van der Waals surface area (Å²) >= 11 is 0. The van der Waals surface area contributed by atoms with E-state index in [1.165, 1.54) is 0 Å². The Labute approximate surface area is 109 Å². The van der Waals surface area contributed by atoms with Crippen LogP contribution >= 0.6 is 0 Å². The molecule has 1 rings (SSSR count).